The molecule has 6 heteroatoms. The highest BCUT2D eigenvalue weighted by atomic mass is 16.7. The van der Waals surface area contributed by atoms with Gasteiger partial charge in [0.1, 0.15) is 0 Å². The monoisotopic (exact) mass is 264 g/mol. The van der Waals surface area contributed by atoms with Gasteiger partial charge in [-0.25, -0.2) is 0 Å². The van der Waals surface area contributed by atoms with Crippen LogP contribution in [0.3, 0.4) is 0 Å². The maximum atomic E-state index is 11.9. The van der Waals surface area contributed by atoms with Gasteiger partial charge in [0.15, 0.2) is 11.5 Å². The summed E-state index contributed by atoms with van der Waals surface area (Å²) in [4.78, 5) is 13.8. The molecular weight excluding hydrogens is 248 g/mol. The summed E-state index contributed by atoms with van der Waals surface area (Å²) < 4.78 is 10.5. The number of nitrogens with one attached hydrogen (secondary N) is 1. The second-order valence-corrected chi connectivity index (χ2v) is 4.79. The third-order valence-electron chi connectivity index (χ3n) is 3.27. The topological polar surface area (TPSA) is 71.0 Å². The molecule has 2 aliphatic rings. The first-order valence-electron chi connectivity index (χ1n) is 6.30. The molecule has 1 amide bonds. The number of rotatable bonds is 3. The van der Waals surface area contributed by atoms with Gasteiger partial charge in [0.05, 0.1) is 12.6 Å². The Balaban J connectivity index is 1.57. The van der Waals surface area contributed by atoms with Crippen LogP contribution in [0.4, 0.5) is 5.69 Å². The zero-order valence-electron chi connectivity index (χ0n) is 10.5. The van der Waals surface area contributed by atoms with Crippen LogP contribution in [0.2, 0.25) is 0 Å². The average Bonchev–Trinajstić information content (AvgIpc) is 2.97. The number of hydrogen-bond acceptors (Lipinski definition) is 5. The van der Waals surface area contributed by atoms with Crippen molar-refractivity contribution in [3.8, 4) is 11.5 Å². The van der Waals surface area contributed by atoms with Crippen LogP contribution in [-0.2, 0) is 4.79 Å². The molecule has 3 rings (SSSR count). The number of β-amino-alcohol motifs (C(OH)–C–C–N with tert-alkyl or cyclic N) is 1. The molecule has 6 nitrogen and oxygen atoms in total. The SMILES string of the molecule is O=C(CN1CC[C@@H](O)C1)Nc1ccc2c(c1)OCO2. The van der Waals surface area contributed by atoms with E-state index in [4.69, 9.17) is 9.47 Å². The number of hydrogen-bond donors (Lipinski definition) is 2. The lowest BCUT2D eigenvalue weighted by molar-refractivity contribution is -0.117. The molecule has 2 N–H and O–H groups in total. The van der Waals surface area contributed by atoms with Gasteiger partial charge in [-0.05, 0) is 18.6 Å². The minimum absolute atomic E-state index is 0.0898. The minimum Gasteiger partial charge on any atom is -0.454 e. The van der Waals surface area contributed by atoms with E-state index < -0.39 is 0 Å². The fourth-order valence-corrected chi connectivity index (χ4v) is 2.33. The summed E-state index contributed by atoms with van der Waals surface area (Å²) >= 11 is 0. The van der Waals surface area contributed by atoms with Crippen LogP contribution in [0, 0.1) is 0 Å². The lowest BCUT2D eigenvalue weighted by Crippen LogP contribution is -2.32. The Labute approximate surface area is 110 Å². The van der Waals surface area contributed by atoms with Crippen molar-refractivity contribution in [3.63, 3.8) is 0 Å². The molecule has 19 heavy (non-hydrogen) atoms. The first-order chi connectivity index (χ1) is 9.20. The molecule has 2 heterocycles. The molecule has 102 valence electrons. The fraction of sp³-hybridized carbons (Fsp3) is 0.462. The molecule has 0 bridgehead atoms. The summed E-state index contributed by atoms with van der Waals surface area (Å²) in [6, 6.07) is 5.31. The Morgan fingerprint density at radius 2 is 2.26 bits per heavy atom. The van der Waals surface area contributed by atoms with E-state index in [2.05, 4.69) is 5.32 Å². The first-order valence-corrected chi connectivity index (χ1v) is 6.30. The molecule has 0 spiro atoms. The Kier molecular flexibility index (Phi) is 3.27. The van der Waals surface area contributed by atoms with Crippen molar-refractivity contribution in [3.05, 3.63) is 18.2 Å². The standard InChI is InChI=1S/C13H16N2O4/c16-10-3-4-15(6-10)7-13(17)14-9-1-2-11-12(5-9)19-8-18-11/h1-2,5,10,16H,3-4,6-8H2,(H,14,17)/t10-/m1/s1. The average molecular weight is 264 g/mol. The Hall–Kier alpha value is -1.79. The van der Waals surface area contributed by atoms with Crippen molar-refractivity contribution in [2.24, 2.45) is 0 Å². The van der Waals surface area contributed by atoms with Crippen molar-refractivity contribution >= 4 is 11.6 Å². The van der Waals surface area contributed by atoms with E-state index in [-0.39, 0.29) is 18.8 Å². The number of aliphatic hydroxyl groups is 1. The Morgan fingerprint density at radius 3 is 3.05 bits per heavy atom. The quantitative estimate of drug-likeness (QED) is 0.828. The number of benzene rings is 1. The number of fused-ring (bicyclic) bond motifs is 1. The molecule has 1 fully saturated rings. The van der Waals surface area contributed by atoms with Gasteiger partial charge in [-0.1, -0.05) is 0 Å². The molecule has 0 aromatic heterocycles. The second kappa shape index (κ2) is 5.07. The van der Waals surface area contributed by atoms with E-state index in [1.807, 2.05) is 4.90 Å². The summed E-state index contributed by atoms with van der Waals surface area (Å²) in [5, 5.41) is 12.2. The summed E-state index contributed by atoms with van der Waals surface area (Å²) in [5.41, 5.74) is 0.689. The highest BCUT2D eigenvalue weighted by molar-refractivity contribution is 5.92. The molecule has 0 radical (unpaired) electrons. The van der Waals surface area contributed by atoms with Crippen molar-refractivity contribution in [2.45, 2.75) is 12.5 Å². The lowest BCUT2D eigenvalue weighted by Gasteiger charge is -2.14. The van der Waals surface area contributed by atoms with Gasteiger partial charge in [-0.3, -0.25) is 9.69 Å². The van der Waals surface area contributed by atoms with Gasteiger partial charge in [0, 0.05) is 24.8 Å². The van der Waals surface area contributed by atoms with Crippen molar-refractivity contribution in [1.82, 2.24) is 4.90 Å². The van der Waals surface area contributed by atoms with E-state index >= 15 is 0 Å². The minimum atomic E-state index is -0.307. The molecule has 2 aliphatic heterocycles. The van der Waals surface area contributed by atoms with Gasteiger partial charge in [0.25, 0.3) is 0 Å². The van der Waals surface area contributed by atoms with Crippen LogP contribution in [0.5, 0.6) is 11.5 Å². The number of nitrogens with zero attached hydrogens (tertiary/aromatic N) is 1. The fourth-order valence-electron chi connectivity index (χ4n) is 2.33. The largest absolute Gasteiger partial charge is 0.454 e. The Bertz CT molecular complexity index is 492. The molecule has 0 aliphatic carbocycles. The van der Waals surface area contributed by atoms with Crippen molar-refractivity contribution in [1.29, 1.82) is 0 Å². The number of carbonyl (C=O) groups is 1. The van der Waals surface area contributed by atoms with E-state index in [9.17, 15) is 9.90 Å². The van der Waals surface area contributed by atoms with Gasteiger partial charge >= 0.3 is 0 Å². The third-order valence-corrected chi connectivity index (χ3v) is 3.27. The van der Waals surface area contributed by atoms with E-state index in [1.165, 1.54) is 0 Å². The lowest BCUT2D eigenvalue weighted by atomic mass is 10.2. The van der Waals surface area contributed by atoms with Gasteiger partial charge in [0.2, 0.25) is 12.7 Å². The summed E-state index contributed by atoms with van der Waals surface area (Å²) in [7, 11) is 0. The van der Waals surface area contributed by atoms with Gasteiger partial charge < -0.3 is 19.9 Å². The van der Waals surface area contributed by atoms with Crippen LogP contribution in [0.1, 0.15) is 6.42 Å². The number of ether oxygens (including phenoxy) is 2. The predicted molar refractivity (Wildman–Crippen MR) is 68.3 cm³/mol. The molecular formula is C13H16N2O4. The van der Waals surface area contributed by atoms with Crippen LogP contribution >= 0.6 is 0 Å². The summed E-state index contributed by atoms with van der Waals surface area (Å²) in [6.45, 7) is 1.84. The Morgan fingerprint density at radius 1 is 1.42 bits per heavy atom. The third kappa shape index (κ3) is 2.80. The van der Waals surface area contributed by atoms with Gasteiger partial charge in [-0.2, -0.15) is 0 Å². The van der Waals surface area contributed by atoms with Crippen LogP contribution in [0.25, 0.3) is 0 Å². The molecule has 0 saturated carbocycles. The molecule has 1 saturated heterocycles. The van der Waals surface area contributed by atoms with Crippen LogP contribution in [-0.4, -0.2) is 48.4 Å². The van der Waals surface area contributed by atoms with Gasteiger partial charge in [-0.15, -0.1) is 0 Å². The van der Waals surface area contributed by atoms with Crippen LogP contribution in [0.15, 0.2) is 18.2 Å². The van der Waals surface area contributed by atoms with Crippen molar-refractivity contribution in [2.75, 3.05) is 31.7 Å². The highest BCUT2D eigenvalue weighted by Gasteiger charge is 2.22. The van der Waals surface area contributed by atoms with Crippen molar-refractivity contribution < 1.29 is 19.4 Å². The number of aliphatic hydroxyl groups excluding tert-OH is 1. The summed E-state index contributed by atoms with van der Waals surface area (Å²) in [6.07, 6.45) is 0.426. The number of anilines is 1. The number of amides is 1. The van der Waals surface area contributed by atoms with E-state index in [0.29, 0.717) is 30.3 Å². The molecule has 0 unspecified atom stereocenters. The maximum Gasteiger partial charge on any atom is 0.238 e. The highest BCUT2D eigenvalue weighted by Crippen LogP contribution is 2.34. The molecule has 1 atom stereocenters. The zero-order chi connectivity index (χ0) is 13.2. The summed E-state index contributed by atoms with van der Waals surface area (Å²) in [5.74, 6) is 1.25. The maximum absolute atomic E-state index is 11.9. The second-order valence-electron chi connectivity index (χ2n) is 4.79. The normalized spacial score (nSPS) is 21.6. The van der Waals surface area contributed by atoms with E-state index in [0.717, 1.165) is 13.0 Å². The smallest absolute Gasteiger partial charge is 0.238 e. The molecule has 1 aromatic rings. The zero-order valence-corrected chi connectivity index (χ0v) is 10.5. The predicted octanol–water partition coefficient (Wildman–Crippen LogP) is 0.420. The van der Waals surface area contributed by atoms with Crippen LogP contribution < -0.4 is 14.8 Å². The van der Waals surface area contributed by atoms with E-state index in [1.54, 1.807) is 18.2 Å². The first kappa shape index (κ1) is 12.3. The number of likely N-dealkylation sites (tertiary alicyclic amines) is 1. The number of carbonyl (C=O) groups excluding carboxylic acids is 1. The molecule has 1 aromatic carbocycles.